The van der Waals surface area contributed by atoms with Crippen molar-refractivity contribution in [1.82, 2.24) is 0 Å². The summed E-state index contributed by atoms with van der Waals surface area (Å²) in [4.78, 5) is 24.7. The van der Waals surface area contributed by atoms with Crippen LogP contribution in [0.5, 0.6) is 0 Å². The number of sulfonamides is 2. The van der Waals surface area contributed by atoms with Crippen LogP contribution >= 0.6 is 0 Å². The summed E-state index contributed by atoms with van der Waals surface area (Å²) in [5, 5.41) is 21.2. The second kappa shape index (κ2) is 9.79. The molecule has 1 heterocycles. The molecule has 4 N–H and O–H groups in total. The highest BCUT2D eigenvalue weighted by Gasteiger charge is 2.46. The van der Waals surface area contributed by atoms with Crippen LogP contribution in [0.1, 0.15) is 51.7 Å². The first-order valence-electron chi connectivity index (χ1n) is 12.2. The molecule has 0 spiro atoms. The summed E-state index contributed by atoms with van der Waals surface area (Å²) in [5.41, 5.74) is -0.428. The first kappa shape index (κ1) is 28.3. The predicted molar refractivity (Wildman–Crippen MR) is 147 cm³/mol. The van der Waals surface area contributed by atoms with Gasteiger partial charge in [-0.25, -0.2) is 8.42 Å². The van der Waals surface area contributed by atoms with Gasteiger partial charge in [0, 0.05) is 5.56 Å². The van der Waals surface area contributed by atoms with E-state index in [2.05, 4.69) is 14.4 Å². The molecule has 2 aliphatic rings. The molecule has 0 aromatic heterocycles. The number of aliphatic hydroxyl groups excluding tert-OH is 1. The van der Waals surface area contributed by atoms with E-state index in [1.807, 2.05) is 13.8 Å². The molecule has 0 bridgehead atoms. The minimum Gasteiger partial charge on any atom is -0.506 e. The normalized spacial score (nSPS) is 20.9. The first-order valence-corrected chi connectivity index (χ1v) is 15.2. The van der Waals surface area contributed by atoms with Gasteiger partial charge in [0.1, 0.15) is 16.2 Å². The molecular weight excluding hydrogens is 546 g/mol. The van der Waals surface area contributed by atoms with Crippen molar-refractivity contribution < 1.29 is 36.6 Å². The van der Waals surface area contributed by atoms with E-state index in [0.29, 0.717) is 29.9 Å². The van der Waals surface area contributed by atoms with E-state index < -0.39 is 48.2 Å². The zero-order chi connectivity index (χ0) is 28.9. The van der Waals surface area contributed by atoms with E-state index in [4.69, 9.17) is 5.11 Å². The summed E-state index contributed by atoms with van der Waals surface area (Å²) < 4.78 is 56.9. The number of carbonyl (C=O) groups excluding carboxylic acids is 1. The molecule has 1 aliphatic carbocycles. The van der Waals surface area contributed by atoms with Crippen LogP contribution in [-0.2, 0) is 35.1 Å². The lowest BCUT2D eigenvalue weighted by Gasteiger charge is -2.36. The molecule has 2 atom stereocenters. The number of hydrogen-bond donors (Lipinski definition) is 4. The second-order valence-electron chi connectivity index (χ2n) is 10.2. The first-order chi connectivity index (χ1) is 18.1. The summed E-state index contributed by atoms with van der Waals surface area (Å²) in [6.07, 6.45) is 1.18. The average Bonchev–Trinajstić information content (AvgIpc) is 2.86. The van der Waals surface area contributed by atoms with Crippen molar-refractivity contribution in [2.45, 2.75) is 56.1 Å². The monoisotopic (exact) mass is 575 g/mol. The summed E-state index contributed by atoms with van der Waals surface area (Å²) in [6.45, 7) is 6.81. The van der Waals surface area contributed by atoms with Crippen LogP contribution in [0.4, 0.5) is 11.4 Å². The van der Waals surface area contributed by atoms with Crippen molar-refractivity contribution in [2.75, 3.05) is 10.0 Å². The molecule has 208 valence electrons. The maximum atomic E-state index is 13.9. The molecule has 1 aliphatic heterocycles. The average molecular weight is 576 g/mol. The standard InChI is InChI=1S/C26H29N3O8S2/c1-14(2)11-12-26(4)18-8-6-5-7-17(18)22(30)21(23(26)31)24-27-19-10-9-16(13-20(19)39(36,37)29-24)28-38(34,35)15(3)25(32)33/h5-10,13-15,28,30H,11-12H2,1-4H3,(H,27,29)(H,32,33). The van der Waals surface area contributed by atoms with Gasteiger partial charge in [-0.3, -0.25) is 14.3 Å². The number of nitrogens with zero attached hydrogens (tertiary/aromatic N) is 1. The number of nitrogens with one attached hydrogen (secondary N) is 2. The van der Waals surface area contributed by atoms with Crippen LogP contribution in [0.25, 0.3) is 5.76 Å². The molecule has 13 heteroatoms. The predicted octanol–water partition coefficient (Wildman–Crippen LogP) is 3.66. The van der Waals surface area contributed by atoms with Gasteiger partial charge in [-0.1, -0.05) is 38.1 Å². The zero-order valence-corrected chi connectivity index (χ0v) is 23.4. The van der Waals surface area contributed by atoms with Crippen LogP contribution in [-0.4, -0.2) is 49.9 Å². The number of carboxylic acids is 1. The number of aliphatic hydroxyl groups is 1. The minimum absolute atomic E-state index is 0.00470. The van der Waals surface area contributed by atoms with Crippen LogP contribution in [0, 0.1) is 5.92 Å². The van der Waals surface area contributed by atoms with Gasteiger partial charge in [-0.05, 0) is 56.4 Å². The fourth-order valence-corrected chi connectivity index (χ4v) is 6.62. The van der Waals surface area contributed by atoms with Gasteiger partial charge >= 0.3 is 5.97 Å². The molecule has 39 heavy (non-hydrogen) atoms. The van der Waals surface area contributed by atoms with Gasteiger partial charge in [0.25, 0.3) is 10.0 Å². The van der Waals surface area contributed by atoms with E-state index in [1.165, 1.54) is 12.1 Å². The largest absolute Gasteiger partial charge is 0.506 e. The van der Waals surface area contributed by atoms with Gasteiger partial charge in [0.05, 0.1) is 16.8 Å². The maximum Gasteiger partial charge on any atom is 0.323 e. The van der Waals surface area contributed by atoms with Crippen LogP contribution in [0.2, 0.25) is 0 Å². The third kappa shape index (κ3) is 5.03. The number of carbonyl (C=O) groups is 2. The Bertz CT molecular complexity index is 1660. The Morgan fingerprint density at radius 2 is 1.82 bits per heavy atom. The molecule has 2 aromatic rings. The molecule has 0 amide bonds. The van der Waals surface area contributed by atoms with Crippen molar-refractivity contribution in [2.24, 2.45) is 10.3 Å². The highest BCUT2D eigenvalue weighted by atomic mass is 32.2. The number of anilines is 2. The smallest absolute Gasteiger partial charge is 0.323 e. The van der Waals surface area contributed by atoms with Crippen molar-refractivity contribution in [3.05, 3.63) is 59.2 Å². The van der Waals surface area contributed by atoms with E-state index in [1.54, 1.807) is 31.2 Å². The molecule has 2 unspecified atom stereocenters. The number of fused-ring (bicyclic) bond motifs is 2. The number of aliphatic carboxylic acids is 1. The Morgan fingerprint density at radius 1 is 1.15 bits per heavy atom. The number of hydrogen-bond acceptors (Lipinski definition) is 8. The summed E-state index contributed by atoms with van der Waals surface area (Å²) in [6, 6.07) is 10.4. The van der Waals surface area contributed by atoms with E-state index in [0.717, 1.165) is 13.0 Å². The molecule has 0 saturated heterocycles. The van der Waals surface area contributed by atoms with Crippen molar-refractivity contribution in [1.29, 1.82) is 0 Å². The Balaban J connectivity index is 1.78. The van der Waals surface area contributed by atoms with E-state index >= 15 is 0 Å². The molecule has 4 rings (SSSR count). The Kier molecular flexibility index (Phi) is 7.11. The van der Waals surface area contributed by atoms with E-state index in [9.17, 15) is 31.5 Å². The maximum absolute atomic E-state index is 13.9. The lowest BCUT2D eigenvalue weighted by molar-refractivity contribution is -0.136. The van der Waals surface area contributed by atoms with Gasteiger partial charge in [-0.2, -0.15) is 8.42 Å². The molecule has 0 radical (unpaired) electrons. The zero-order valence-electron chi connectivity index (χ0n) is 21.7. The Morgan fingerprint density at radius 3 is 2.46 bits per heavy atom. The minimum atomic E-state index is -4.47. The Labute approximate surface area is 226 Å². The highest BCUT2D eigenvalue weighted by Crippen LogP contribution is 2.44. The quantitative estimate of drug-likeness (QED) is 0.365. The summed E-state index contributed by atoms with van der Waals surface area (Å²) >= 11 is 0. The van der Waals surface area contributed by atoms with Crippen molar-refractivity contribution in [3.63, 3.8) is 0 Å². The number of carboxylic acid groups (broad SMARTS) is 1. The summed E-state index contributed by atoms with van der Waals surface area (Å²) in [7, 11) is -8.82. The molecule has 0 saturated carbocycles. The third-order valence-corrected chi connectivity index (χ3v) is 9.97. The number of amidine groups is 1. The SMILES string of the molecule is CC(C)CCC1(C)C(=O)C(C2=NS(=O)(=O)c3cc(NS(=O)(=O)C(C)C(=O)O)ccc3N2)=C(O)c2ccccc21. The molecule has 11 nitrogen and oxygen atoms in total. The molecular formula is C26H29N3O8S2. The lowest BCUT2D eigenvalue weighted by Crippen LogP contribution is -2.42. The van der Waals surface area contributed by atoms with Gasteiger partial charge in [0.2, 0.25) is 10.0 Å². The van der Waals surface area contributed by atoms with Gasteiger partial charge in [0.15, 0.2) is 16.9 Å². The Hall–Kier alpha value is -3.71. The molecule has 2 aromatic carbocycles. The fourth-order valence-electron chi connectivity index (χ4n) is 4.57. The number of benzene rings is 2. The molecule has 0 fully saturated rings. The topological polar surface area (TPSA) is 179 Å². The van der Waals surface area contributed by atoms with Crippen LogP contribution in [0.15, 0.2) is 57.3 Å². The van der Waals surface area contributed by atoms with E-state index in [-0.39, 0.29) is 27.7 Å². The van der Waals surface area contributed by atoms with Gasteiger partial charge < -0.3 is 15.5 Å². The summed E-state index contributed by atoms with van der Waals surface area (Å²) in [5.74, 6) is -2.49. The number of Topliss-reactive ketones (excluding diaryl/α,β-unsaturated/α-hetero) is 1. The lowest BCUT2D eigenvalue weighted by atomic mass is 9.66. The highest BCUT2D eigenvalue weighted by molar-refractivity contribution is 7.94. The van der Waals surface area contributed by atoms with Gasteiger partial charge in [-0.15, -0.1) is 4.40 Å². The second-order valence-corrected chi connectivity index (χ2v) is 13.8. The van der Waals surface area contributed by atoms with Crippen molar-refractivity contribution in [3.8, 4) is 0 Å². The van der Waals surface area contributed by atoms with Crippen LogP contribution < -0.4 is 10.0 Å². The number of rotatable bonds is 8. The fraction of sp³-hybridized carbons (Fsp3) is 0.346. The van der Waals surface area contributed by atoms with Crippen LogP contribution in [0.3, 0.4) is 0 Å². The third-order valence-electron chi connectivity index (χ3n) is 7.00. The number of ketones is 1. The van der Waals surface area contributed by atoms with Crippen molar-refractivity contribution >= 4 is 54.8 Å².